The molecule has 0 bridgehead atoms. The third kappa shape index (κ3) is 3.65. The zero-order chi connectivity index (χ0) is 20.5. The van der Waals surface area contributed by atoms with E-state index in [1.54, 1.807) is 0 Å². The molecule has 2 aromatic heterocycles. The molecular weight excluding hydrogens is 394 g/mol. The molecule has 2 aromatic carbocycles. The van der Waals surface area contributed by atoms with Crippen molar-refractivity contribution in [1.29, 1.82) is 0 Å². The van der Waals surface area contributed by atoms with Gasteiger partial charge in [0.2, 0.25) is 0 Å². The molecule has 3 heterocycles. The molecule has 0 fully saturated rings. The number of hydrogen-bond acceptors (Lipinski definition) is 4. The van der Waals surface area contributed by atoms with Crippen LogP contribution in [-0.2, 0) is 19.5 Å². The smallest absolute Gasteiger partial charge is 0.256 e. The van der Waals surface area contributed by atoms with Crippen molar-refractivity contribution in [2.75, 3.05) is 6.54 Å². The van der Waals surface area contributed by atoms with Gasteiger partial charge in [0.1, 0.15) is 0 Å². The Balaban J connectivity index is 1.50. The van der Waals surface area contributed by atoms with Crippen LogP contribution in [0.5, 0.6) is 0 Å². The van der Waals surface area contributed by atoms with E-state index in [1.807, 2.05) is 53.2 Å². The molecule has 1 aliphatic heterocycles. The van der Waals surface area contributed by atoms with Gasteiger partial charge in [0.05, 0.1) is 16.9 Å². The maximum absolute atomic E-state index is 12.4. The molecule has 0 aliphatic carbocycles. The van der Waals surface area contributed by atoms with Gasteiger partial charge < -0.3 is 4.98 Å². The topological polar surface area (TPSA) is 69.7 Å². The zero-order valence-electron chi connectivity index (χ0n) is 16.3. The number of hydrogen-bond donors (Lipinski definition) is 2. The summed E-state index contributed by atoms with van der Waals surface area (Å²) in [5, 5.41) is 4.89. The molecule has 6 nitrogen and oxygen atoms in total. The second-order valence-electron chi connectivity index (χ2n) is 7.48. The van der Waals surface area contributed by atoms with Crippen molar-refractivity contribution >= 4 is 12.2 Å². The third-order valence-electron chi connectivity index (χ3n) is 5.44. The number of aromatic nitrogens is 4. The Hall–Kier alpha value is -3.29. The normalized spacial score (nSPS) is 13.9. The van der Waals surface area contributed by atoms with Gasteiger partial charge in [-0.15, -0.1) is 0 Å². The Morgan fingerprint density at radius 2 is 1.73 bits per heavy atom. The number of aromatic amines is 2. The van der Waals surface area contributed by atoms with Crippen molar-refractivity contribution in [2.24, 2.45) is 0 Å². The number of fused-ring (bicyclic) bond motifs is 1. The molecule has 0 radical (unpaired) electrons. The molecule has 0 amide bonds. The van der Waals surface area contributed by atoms with Gasteiger partial charge in [0.15, 0.2) is 4.77 Å². The van der Waals surface area contributed by atoms with Crippen LogP contribution >= 0.6 is 12.2 Å². The average molecular weight is 416 g/mol. The van der Waals surface area contributed by atoms with E-state index in [0.29, 0.717) is 17.9 Å². The van der Waals surface area contributed by atoms with Crippen molar-refractivity contribution in [3.05, 3.63) is 98.8 Å². The number of nitrogens with zero attached hydrogens (tertiary/aromatic N) is 3. The SMILES string of the molecule is O=c1[nH]c(=S)[nH]c2c1CN(Cc1cn(-c3ccccc3)nc1-c1ccccc1)CC2. The predicted octanol–water partition coefficient (Wildman–Crippen LogP) is 3.84. The molecule has 0 saturated carbocycles. The second kappa shape index (κ2) is 7.85. The van der Waals surface area contributed by atoms with E-state index in [2.05, 4.69) is 33.2 Å². The number of H-pyrrole nitrogens is 2. The minimum atomic E-state index is -0.0956. The van der Waals surface area contributed by atoms with E-state index < -0.39 is 0 Å². The molecule has 0 atom stereocenters. The van der Waals surface area contributed by atoms with Gasteiger partial charge in [0.25, 0.3) is 5.56 Å². The summed E-state index contributed by atoms with van der Waals surface area (Å²) in [6.45, 7) is 2.15. The van der Waals surface area contributed by atoms with E-state index in [0.717, 1.165) is 46.7 Å². The molecule has 0 unspecified atom stereocenters. The van der Waals surface area contributed by atoms with Crippen LogP contribution in [0.15, 0.2) is 71.7 Å². The quantitative estimate of drug-likeness (QED) is 0.497. The van der Waals surface area contributed by atoms with Crippen LogP contribution in [-0.4, -0.2) is 31.2 Å². The van der Waals surface area contributed by atoms with Gasteiger partial charge in [-0.3, -0.25) is 14.7 Å². The number of rotatable bonds is 4. The van der Waals surface area contributed by atoms with E-state index >= 15 is 0 Å². The van der Waals surface area contributed by atoms with Crippen molar-refractivity contribution in [2.45, 2.75) is 19.5 Å². The number of nitrogens with one attached hydrogen (secondary N) is 2. The highest BCUT2D eigenvalue weighted by atomic mass is 32.1. The molecule has 7 heteroatoms. The van der Waals surface area contributed by atoms with Crippen molar-refractivity contribution < 1.29 is 0 Å². The van der Waals surface area contributed by atoms with Crippen LogP contribution < -0.4 is 5.56 Å². The molecule has 5 rings (SSSR count). The Kier molecular flexibility index (Phi) is 4.90. The molecule has 1 aliphatic rings. The summed E-state index contributed by atoms with van der Waals surface area (Å²) < 4.78 is 2.32. The van der Waals surface area contributed by atoms with Crippen molar-refractivity contribution in [3.63, 3.8) is 0 Å². The van der Waals surface area contributed by atoms with Crippen LogP contribution in [0, 0.1) is 4.77 Å². The lowest BCUT2D eigenvalue weighted by molar-refractivity contribution is 0.242. The fourth-order valence-corrected chi connectivity index (χ4v) is 4.18. The fraction of sp³-hybridized carbons (Fsp3) is 0.174. The molecule has 30 heavy (non-hydrogen) atoms. The van der Waals surface area contributed by atoms with Crippen LogP contribution in [0.1, 0.15) is 16.8 Å². The van der Waals surface area contributed by atoms with Crippen molar-refractivity contribution in [3.8, 4) is 16.9 Å². The van der Waals surface area contributed by atoms with Gasteiger partial charge in [0, 0.05) is 49.1 Å². The first-order chi connectivity index (χ1) is 14.7. The summed E-state index contributed by atoms with van der Waals surface area (Å²) in [6, 6.07) is 20.3. The fourth-order valence-electron chi connectivity index (χ4n) is 3.97. The predicted molar refractivity (Wildman–Crippen MR) is 119 cm³/mol. The van der Waals surface area contributed by atoms with Crippen LogP contribution in [0.4, 0.5) is 0 Å². The zero-order valence-corrected chi connectivity index (χ0v) is 17.2. The maximum atomic E-state index is 12.4. The van der Waals surface area contributed by atoms with Crippen LogP contribution in [0.3, 0.4) is 0 Å². The largest absolute Gasteiger partial charge is 0.335 e. The summed E-state index contributed by atoms with van der Waals surface area (Å²) in [5.41, 5.74) is 5.83. The average Bonchev–Trinajstić information content (AvgIpc) is 3.19. The minimum absolute atomic E-state index is 0.0956. The molecule has 2 N–H and O–H groups in total. The van der Waals surface area contributed by atoms with Gasteiger partial charge >= 0.3 is 0 Å². The highest BCUT2D eigenvalue weighted by molar-refractivity contribution is 7.71. The first-order valence-corrected chi connectivity index (χ1v) is 10.3. The second-order valence-corrected chi connectivity index (χ2v) is 7.88. The molecule has 4 aromatic rings. The van der Waals surface area contributed by atoms with E-state index in [9.17, 15) is 4.79 Å². The summed E-state index contributed by atoms with van der Waals surface area (Å²) in [7, 11) is 0. The van der Waals surface area contributed by atoms with Gasteiger partial charge in [-0.2, -0.15) is 5.10 Å². The lowest BCUT2D eigenvalue weighted by Gasteiger charge is -2.27. The third-order valence-corrected chi connectivity index (χ3v) is 5.65. The van der Waals surface area contributed by atoms with E-state index in [4.69, 9.17) is 17.3 Å². The summed E-state index contributed by atoms with van der Waals surface area (Å²) in [5.74, 6) is 0. The summed E-state index contributed by atoms with van der Waals surface area (Å²) in [6.07, 6.45) is 2.87. The molecular formula is C23H21N5OS. The summed E-state index contributed by atoms with van der Waals surface area (Å²) >= 11 is 5.10. The number of para-hydroxylation sites is 1. The Morgan fingerprint density at radius 1 is 1.00 bits per heavy atom. The molecule has 150 valence electrons. The van der Waals surface area contributed by atoms with E-state index in [-0.39, 0.29) is 5.56 Å². The van der Waals surface area contributed by atoms with Crippen LogP contribution in [0.25, 0.3) is 16.9 Å². The minimum Gasteiger partial charge on any atom is -0.335 e. The van der Waals surface area contributed by atoms with Crippen molar-refractivity contribution in [1.82, 2.24) is 24.6 Å². The highest BCUT2D eigenvalue weighted by Gasteiger charge is 2.22. The highest BCUT2D eigenvalue weighted by Crippen LogP contribution is 2.26. The molecule has 0 saturated heterocycles. The van der Waals surface area contributed by atoms with Crippen LogP contribution in [0.2, 0.25) is 0 Å². The summed E-state index contributed by atoms with van der Waals surface area (Å²) in [4.78, 5) is 20.5. The van der Waals surface area contributed by atoms with Gasteiger partial charge in [-0.1, -0.05) is 48.5 Å². The Labute approximate surface area is 178 Å². The van der Waals surface area contributed by atoms with E-state index in [1.165, 1.54) is 0 Å². The number of benzene rings is 2. The van der Waals surface area contributed by atoms with Gasteiger partial charge in [-0.05, 0) is 24.4 Å². The Bertz CT molecular complexity index is 1290. The standard InChI is InChI=1S/C23H21N5OS/c29-22-19-15-27(12-11-20(19)24-23(30)25-22)13-17-14-28(18-9-5-2-6-10-18)26-21(17)16-7-3-1-4-8-16/h1-10,14H,11-13,15H2,(H2,24,25,29,30). The first-order valence-electron chi connectivity index (χ1n) is 9.93. The monoisotopic (exact) mass is 415 g/mol. The Morgan fingerprint density at radius 3 is 2.50 bits per heavy atom. The molecule has 0 spiro atoms. The lowest BCUT2D eigenvalue weighted by Crippen LogP contribution is -2.35. The lowest BCUT2D eigenvalue weighted by atomic mass is 10.0. The van der Waals surface area contributed by atoms with Gasteiger partial charge in [-0.25, -0.2) is 4.68 Å². The first kappa shape index (κ1) is 18.7. The maximum Gasteiger partial charge on any atom is 0.256 e.